The average molecular weight is 360 g/mol. The summed E-state index contributed by atoms with van der Waals surface area (Å²) >= 11 is 8.77. The number of hydrogen-bond acceptors (Lipinski definition) is 3. The van der Waals surface area contributed by atoms with E-state index in [1.54, 1.807) is 18.2 Å². The maximum Gasteiger partial charge on any atom is 0.283 e. The van der Waals surface area contributed by atoms with Crippen LogP contribution in [-0.4, -0.2) is 4.92 Å². The highest BCUT2D eigenvalue weighted by atomic mass is 79.9. The molecule has 0 atom stereocenters. The Morgan fingerprint density at radius 1 is 1.30 bits per heavy atom. The van der Waals surface area contributed by atoms with E-state index in [1.807, 2.05) is 0 Å². The first kappa shape index (κ1) is 14.7. The van der Waals surface area contributed by atoms with E-state index in [-0.39, 0.29) is 12.2 Å². The lowest BCUT2D eigenvalue weighted by Gasteiger charge is -2.08. The van der Waals surface area contributed by atoms with E-state index in [1.165, 1.54) is 18.2 Å². The molecule has 0 fully saturated rings. The van der Waals surface area contributed by atoms with E-state index in [0.29, 0.717) is 20.7 Å². The Morgan fingerprint density at radius 2 is 2.05 bits per heavy atom. The quantitative estimate of drug-likeness (QED) is 0.632. The van der Waals surface area contributed by atoms with Crippen LogP contribution < -0.4 is 5.32 Å². The minimum absolute atomic E-state index is 0.0270. The Bertz CT molecular complexity index is 667. The van der Waals surface area contributed by atoms with Crippen molar-refractivity contribution in [3.8, 4) is 0 Å². The van der Waals surface area contributed by atoms with Crippen molar-refractivity contribution < 1.29 is 9.31 Å². The van der Waals surface area contributed by atoms with Gasteiger partial charge in [-0.15, -0.1) is 0 Å². The molecule has 0 aliphatic rings. The van der Waals surface area contributed by atoms with Gasteiger partial charge in [-0.1, -0.05) is 17.7 Å². The number of halogens is 3. The van der Waals surface area contributed by atoms with E-state index >= 15 is 0 Å². The van der Waals surface area contributed by atoms with Gasteiger partial charge in [-0.2, -0.15) is 0 Å². The van der Waals surface area contributed by atoms with Crippen LogP contribution in [0.3, 0.4) is 0 Å². The SMILES string of the molecule is O=[N+]([O-])c1cc(CNc2ccc(Cl)cc2F)ccc1Br. The lowest BCUT2D eigenvalue weighted by atomic mass is 10.2. The molecular formula is C13H9BrClFN2O2. The molecule has 0 spiro atoms. The molecule has 20 heavy (non-hydrogen) atoms. The van der Waals surface area contributed by atoms with E-state index < -0.39 is 10.7 Å². The molecule has 0 amide bonds. The zero-order valence-corrected chi connectivity index (χ0v) is 12.4. The Labute approximate surface area is 127 Å². The molecule has 2 aromatic rings. The standard InChI is InChI=1S/C13H9BrClFN2O2/c14-10-3-1-8(5-13(10)18(19)20)7-17-12-4-2-9(15)6-11(12)16/h1-6,17H,7H2. The van der Waals surface area contributed by atoms with Gasteiger partial charge in [0.05, 0.1) is 15.1 Å². The molecule has 0 saturated carbocycles. The molecule has 0 heterocycles. The van der Waals surface area contributed by atoms with Gasteiger partial charge >= 0.3 is 0 Å². The summed E-state index contributed by atoms with van der Waals surface area (Å²) in [7, 11) is 0. The van der Waals surface area contributed by atoms with E-state index in [4.69, 9.17) is 11.6 Å². The van der Waals surface area contributed by atoms with Gasteiger partial charge in [0.15, 0.2) is 0 Å². The Kier molecular flexibility index (Phi) is 4.57. The fourth-order valence-electron chi connectivity index (χ4n) is 1.64. The van der Waals surface area contributed by atoms with Crippen LogP contribution in [0.1, 0.15) is 5.56 Å². The summed E-state index contributed by atoms with van der Waals surface area (Å²) in [5.41, 5.74) is 0.940. The number of nitro benzene ring substituents is 1. The van der Waals surface area contributed by atoms with Crippen LogP contribution in [0.2, 0.25) is 5.02 Å². The predicted octanol–water partition coefficient (Wildman–Crippen LogP) is 4.76. The minimum Gasteiger partial charge on any atom is -0.379 e. The molecule has 0 saturated heterocycles. The van der Waals surface area contributed by atoms with Crippen LogP contribution in [0.5, 0.6) is 0 Å². The van der Waals surface area contributed by atoms with Crippen LogP contribution in [0.15, 0.2) is 40.9 Å². The minimum atomic E-state index is -0.476. The number of benzene rings is 2. The number of nitrogens with one attached hydrogen (secondary N) is 1. The monoisotopic (exact) mass is 358 g/mol. The molecule has 7 heteroatoms. The highest BCUT2D eigenvalue weighted by Crippen LogP contribution is 2.26. The molecule has 0 aliphatic carbocycles. The van der Waals surface area contributed by atoms with Gasteiger partial charge < -0.3 is 5.32 Å². The number of anilines is 1. The van der Waals surface area contributed by atoms with Crippen LogP contribution in [-0.2, 0) is 6.54 Å². The lowest BCUT2D eigenvalue weighted by molar-refractivity contribution is -0.385. The van der Waals surface area contributed by atoms with Crippen LogP contribution in [0.25, 0.3) is 0 Å². The van der Waals surface area contributed by atoms with Crippen molar-refractivity contribution in [3.63, 3.8) is 0 Å². The van der Waals surface area contributed by atoms with Gasteiger partial charge in [-0.25, -0.2) is 4.39 Å². The largest absolute Gasteiger partial charge is 0.379 e. The molecule has 0 bridgehead atoms. The number of rotatable bonds is 4. The first-order chi connectivity index (χ1) is 9.47. The van der Waals surface area contributed by atoms with Crippen LogP contribution >= 0.6 is 27.5 Å². The fourth-order valence-corrected chi connectivity index (χ4v) is 2.19. The molecule has 104 valence electrons. The van der Waals surface area contributed by atoms with E-state index in [0.717, 1.165) is 0 Å². The Morgan fingerprint density at radius 3 is 2.70 bits per heavy atom. The number of nitro groups is 1. The van der Waals surface area contributed by atoms with Crippen molar-refractivity contribution in [1.29, 1.82) is 0 Å². The summed E-state index contributed by atoms with van der Waals surface area (Å²) in [4.78, 5) is 10.3. The van der Waals surface area contributed by atoms with Gasteiger partial charge in [0.2, 0.25) is 0 Å². The summed E-state index contributed by atoms with van der Waals surface area (Å²) in [6.45, 7) is 0.271. The third-order valence-electron chi connectivity index (χ3n) is 2.62. The maximum atomic E-state index is 13.6. The van der Waals surface area contributed by atoms with E-state index in [2.05, 4.69) is 21.2 Å². The fraction of sp³-hybridized carbons (Fsp3) is 0.0769. The molecule has 0 aromatic heterocycles. The van der Waals surface area contributed by atoms with Crippen molar-refractivity contribution in [2.45, 2.75) is 6.54 Å². The summed E-state index contributed by atoms with van der Waals surface area (Å²) < 4.78 is 14.0. The van der Waals surface area contributed by atoms with Gasteiger partial charge in [0.1, 0.15) is 5.82 Å². The topological polar surface area (TPSA) is 55.2 Å². The van der Waals surface area contributed by atoms with Crippen molar-refractivity contribution in [2.24, 2.45) is 0 Å². The normalized spacial score (nSPS) is 10.3. The second-order valence-electron chi connectivity index (χ2n) is 4.02. The van der Waals surface area contributed by atoms with Crippen LogP contribution in [0.4, 0.5) is 15.8 Å². The van der Waals surface area contributed by atoms with Gasteiger partial charge in [-0.05, 0) is 45.8 Å². The zero-order valence-electron chi connectivity index (χ0n) is 10.1. The number of nitrogens with zero attached hydrogens (tertiary/aromatic N) is 1. The Balaban J connectivity index is 2.15. The molecule has 4 nitrogen and oxygen atoms in total. The molecular weight excluding hydrogens is 351 g/mol. The van der Waals surface area contributed by atoms with Crippen molar-refractivity contribution in [2.75, 3.05) is 5.32 Å². The highest BCUT2D eigenvalue weighted by Gasteiger charge is 2.12. The third kappa shape index (κ3) is 3.46. The average Bonchev–Trinajstić information content (AvgIpc) is 2.39. The molecule has 1 N–H and O–H groups in total. The second kappa shape index (κ2) is 6.19. The van der Waals surface area contributed by atoms with Crippen LogP contribution in [0, 0.1) is 15.9 Å². The first-order valence-corrected chi connectivity index (χ1v) is 6.76. The zero-order chi connectivity index (χ0) is 14.7. The first-order valence-electron chi connectivity index (χ1n) is 5.59. The van der Waals surface area contributed by atoms with Gasteiger partial charge in [0.25, 0.3) is 5.69 Å². The van der Waals surface area contributed by atoms with Crippen molar-refractivity contribution in [1.82, 2.24) is 0 Å². The second-order valence-corrected chi connectivity index (χ2v) is 5.31. The molecule has 0 radical (unpaired) electrons. The Hall–Kier alpha value is -1.66. The summed E-state index contributed by atoms with van der Waals surface area (Å²) in [5.74, 6) is -0.468. The molecule has 2 aromatic carbocycles. The van der Waals surface area contributed by atoms with Gasteiger partial charge in [0, 0.05) is 17.6 Å². The summed E-state index contributed by atoms with van der Waals surface area (Å²) in [6, 6.07) is 9.03. The third-order valence-corrected chi connectivity index (χ3v) is 3.53. The predicted molar refractivity (Wildman–Crippen MR) is 79.5 cm³/mol. The summed E-state index contributed by atoms with van der Waals surface area (Å²) in [6.07, 6.45) is 0. The highest BCUT2D eigenvalue weighted by molar-refractivity contribution is 9.10. The molecule has 0 aliphatic heterocycles. The lowest BCUT2D eigenvalue weighted by Crippen LogP contribution is -2.02. The molecule has 0 unspecified atom stereocenters. The van der Waals surface area contributed by atoms with Crippen molar-refractivity contribution in [3.05, 3.63) is 67.4 Å². The molecule has 2 rings (SSSR count). The summed E-state index contributed by atoms with van der Waals surface area (Å²) in [5, 5.41) is 14.0. The van der Waals surface area contributed by atoms with E-state index in [9.17, 15) is 14.5 Å². The maximum absolute atomic E-state index is 13.6. The smallest absolute Gasteiger partial charge is 0.283 e. The van der Waals surface area contributed by atoms with Gasteiger partial charge in [-0.3, -0.25) is 10.1 Å². The number of hydrogen-bond donors (Lipinski definition) is 1. The van der Waals surface area contributed by atoms with Crippen molar-refractivity contribution >= 4 is 38.9 Å².